The first kappa shape index (κ1) is 12.0. The predicted octanol–water partition coefficient (Wildman–Crippen LogP) is 1.98. The summed E-state index contributed by atoms with van der Waals surface area (Å²) in [5, 5.41) is 16.8. The van der Waals surface area contributed by atoms with Crippen molar-refractivity contribution in [2.24, 2.45) is 0 Å². The molecule has 17 heavy (non-hydrogen) atoms. The highest BCUT2D eigenvalue weighted by molar-refractivity contribution is 6.30. The quantitative estimate of drug-likeness (QED) is 0.909. The van der Waals surface area contributed by atoms with E-state index in [-0.39, 0.29) is 6.61 Å². The standard InChI is InChI=1S/C11H11ClFN3O/c12-8-4-9(13)6-11(5-8)16-7-10(14-15-16)2-1-3-17/h4-7,17H,1-3H2. The maximum absolute atomic E-state index is 13.1. The SMILES string of the molecule is OCCCc1cn(-c2cc(F)cc(Cl)c2)nn1. The summed E-state index contributed by atoms with van der Waals surface area (Å²) < 4.78 is 14.6. The minimum absolute atomic E-state index is 0.110. The average molecular weight is 256 g/mol. The molecule has 1 aromatic heterocycles. The number of nitrogens with zero attached hydrogens (tertiary/aromatic N) is 3. The topological polar surface area (TPSA) is 50.9 Å². The average Bonchev–Trinajstić information content (AvgIpc) is 2.73. The Morgan fingerprint density at radius 1 is 1.35 bits per heavy atom. The van der Waals surface area contributed by atoms with Gasteiger partial charge in [0.05, 0.1) is 17.6 Å². The Hall–Kier alpha value is -1.46. The molecule has 0 aliphatic heterocycles. The minimum atomic E-state index is -0.417. The third-order valence-electron chi connectivity index (χ3n) is 2.24. The molecule has 0 amide bonds. The van der Waals surface area contributed by atoms with Crippen LogP contribution in [0.4, 0.5) is 4.39 Å². The molecule has 0 bridgehead atoms. The van der Waals surface area contributed by atoms with Gasteiger partial charge in [-0.2, -0.15) is 0 Å². The van der Waals surface area contributed by atoms with Gasteiger partial charge >= 0.3 is 0 Å². The van der Waals surface area contributed by atoms with E-state index in [9.17, 15) is 4.39 Å². The maximum Gasteiger partial charge on any atom is 0.126 e. The highest BCUT2D eigenvalue weighted by atomic mass is 35.5. The zero-order chi connectivity index (χ0) is 12.3. The normalized spacial score (nSPS) is 10.8. The van der Waals surface area contributed by atoms with Gasteiger partial charge in [-0.25, -0.2) is 9.07 Å². The second kappa shape index (κ2) is 5.25. The van der Waals surface area contributed by atoms with Gasteiger partial charge < -0.3 is 5.11 Å². The number of hydrogen-bond acceptors (Lipinski definition) is 3. The van der Waals surface area contributed by atoms with Gasteiger partial charge in [0, 0.05) is 11.6 Å². The molecule has 0 unspecified atom stereocenters. The van der Waals surface area contributed by atoms with Gasteiger partial charge in [0.15, 0.2) is 0 Å². The molecule has 0 atom stereocenters. The number of hydrogen-bond donors (Lipinski definition) is 1. The Morgan fingerprint density at radius 2 is 2.18 bits per heavy atom. The second-order valence-electron chi connectivity index (χ2n) is 3.61. The summed E-state index contributed by atoms with van der Waals surface area (Å²) in [6.45, 7) is 0.110. The molecular formula is C11H11ClFN3O. The molecule has 0 spiro atoms. The Labute approximate surface area is 103 Å². The molecular weight excluding hydrogens is 245 g/mol. The summed E-state index contributed by atoms with van der Waals surface area (Å²) in [5.74, 6) is -0.417. The number of aromatic nitrogens is 3. The van der Waals surface area contributed by atoms with Crippen molar-refractivity contribution in [3.8, 4) is 5.69 Å². The predicted molar refractivity (Wildman–Crippen MR) is 61.7 cm³/mol. The molecule has 0 saturated carbocycles. The van der Waals surface area contributed by atoms with Gasteiger partial charge in [0.1, 0.15) is 5.82 Å². The van der Waals surface area contributed by atoms with E-state index < -0.39 is 5.82 Å². The summed E-state index contributed by atoms with van der Waals surface area (Å²) >= 11 is 5.76. The largest absolute Gasteiger partial charge is 0.396 e. The van der Waals surface area contributed by atoms with Crippen molar-refractivity contribution < 1.29 is 9.50 Å². The van der Waals surface area contributed by atoms with Crippen LogP contribution < -0.4 is 0 Å². The van der Waals surface area contributed by atoms with Crippen LogP contribution in [-0.4, -0.2) is 26.7 Å². The fourth-order valence-electron chi connectivity index (χ4n) is 1.47. The zero-order valence-electron chi connectivity index (χ0n) is 8.98. The second-order valence-corrected chi connectivity index (χ2v) is 4.05. The van der Waals surface area contributed by atoms with Crippen molar-refractivity contribution in [3.63, 3.8) is 0 Å². The number of halogens is 2. The van der Waals surface area contributed by atoms with Crippen molar-refractivity contribution >= 4 is 11.6 Å². The minimum Gasteiger partial charge on any atom is -0.396 e. The lowest BCUT2D eigenvalue weighted by molar-refractivity contribution is 0.288. The fourth-order valence-corrected chi connectivity index (χ4v) is 1.69. The third kappa shape index (κ3) is 3.01. The molecule has 4 nitrogen and oxygen atoms in total. The first-order valence-corrected chi connectivity index (χ1v) is 5.55. The lowest BCUT2D eigenvalue weighted by atomic mass is 10.2. The van der Waals surface area contributed by atoms with Crippen molar-refractivity contribution in [1.29, 1.82) is 0 Å². The van der Waals surface area contributed by atoms with E-state index >= 15 is 0 Å². The first-order chi connectivity index (χ1) is 8.19. The number of aliphatic hydroxyl groups excluding tert-OH is 1. The van der Waals surface area contributed by atoms with E-state index in [1.54, 1.807) is 12.3 Å². The monoisotopic (exact) mass is 255 g/mol. The van der Waals surface area contributed by atoms with Crippen LogP contribution in [0.1, 0.15) is 12.1 Å². The first-order valence-electron chi connectivity index (χ1n) is 5.17. The van der Waals surface area contributed by atoms with Crippen LogP contribution in [0.2, 0.25) is 5.02 Å². The van der Waals surface area contributed by atoms with Gasteiger partial charge in [0.25, 0.3) is 0 Å². The number of benzene rings is 1. The van der Waals surface area contributed by atoms with Crippen LogP contribution in [0.5, 0.6) is 0 Å². The fraction of sp³-hybridized carbons (Fsp3) is 0.273. The van der Waals surface area contributed by atoms with Gasteiger partial charge in [-0.3, -0.25) is 0 Å². The highest BCUT2D eigenvalue weighted by Gasteiger charge is 2.05. The van der Waals surface area contributed by atoms with E-state index in [2.05, 4.69) is 10.3 Å². The maximum atomic E-state index is 13.1. The van der Waals surface area contributed by atoms with Gasteiger partial charge in [-0.1, -0.05) is 16.8 Å². The molecule has 2 rings (SSSR count). The summed E-state index contributed by atoms with van der Waals surface area (Å²) in [6, 6.07) is 4.17. The third-order valence-corrected chi connectivity index (χ3v) is 2.46. The van der Waals surface area contributed by atoms with Crippen LogP contribution in [0.3, 0.4) is 0 Å². The summed E-state index contributed by atoms with van der Waals surface area (Å²) in [4.78, 5) is 0. The van der Waals surface area contributed by atoms with Crippen LogP contribution in [0.25, 0.3) is 5.69 Å². The molecule has 0 aliphatic carbocycles. The van der Waals surface area contributed by atoms with Crippen molar-refractivity contribution in [2.45, 2.75) is 12.8 Å². The zero-order valence-corrected chi connectivity index (χ0v) is 9.73. The Balaban J connectivity index is 2.24. The van der Waals surface area contributed by atoms with Crippen molar-refractivity contribution in [1.82, 2.24) is 15.0 Å². The van der Waals surface area contributed by atoms with E-state index in [0.29, 0.717) is 23.6 Å². The molecule has 1 N–H and O–H groups in total. The molecule has 1 heterocycles. The molecule has 2 aromatic rings. The Bertz CT molecular complexity index is 495. The lowest BCUT2D eigenvalue weighted by Gasteiger charge is -2.00. The van der Waals surface area contributed by atoms with Crippen LogP contribution in [0, 0.1) is 5.82 Å². The van der Waals surface area contributed by atoms with Gasteiger partial charge in [-0.15, -0.1) is 5.10 Å². The van der Waals surface area contributed by atoms with E-state index in [4.69, 9.17) is 16.7 Å². The highest BCUT2D eigenvalue weighted by Crippen LogP contribution is 2.17. The smallest absolute Gasteiger partial charge is 0.126 e. The van der Waals surface area contributed by atoms with Crippen LogP contribution in [0.15, 0.2) is 24.4 Å². The van der Waals surface area contributed by atoms with Crippen molar-refractivity contribution in [2.75, 3.05) is 6.61 Å². The van der Waals surface area contributed by atoms with E-state index in [1.165, 1.54) is 16.8 Å². The number of aliphatic hydroxyl groups is 1. The van der Waals surface area contributed by atoms with E-state index in [1.807, 2.05) is 0 Å². The molecule has 1 aromatic carbocycles. The summed E-state index contributed by atoms with van der Waals surface area (Å²) in [6.07, 6.45) is 2.96. The van der Waals surface area contributed by atoms with E-state index in [0.717, 1.165) is 5.69 Å². The molecule has 6 heteroatoms. The Morgan fingerprint density at radius 3 is 2.88 bits per heavy atom. The lowest BCUT2D eigenvalue weighted by Crippen LogP contribution is -1.95. The molecule has 0 aliphatic rings. The molecule has 0 fully saturated rings. The molecule has 0 radical (unpaired) electrons. The summed E-state index contributed by atoms with van der Waals surface area (Å²) in [7, 11) is 0. The van der Waals surface area contributed by atoms with Crippen LogP contribution >= 0.6 is 11.6 Å². The molecule has 0 saturated heterocycles. The number of aryl methyl sites for hydroxylation is 1. The Kier molecular flexibility index (Phi) is 3.71. The van der Waals surface area contributed by atoms with Gasteiger partial charge in [0.2, 0.25) is 0 Å². The van der Waals surface area contributed by atoms with Crippen molar-refractivity contribution in [3.05, 3.63) is 40.9 Å². The molecule has 90 valence electrons. The summed E-state index contributed by atoms with van der Waals surface area (Å²) in [5.41, 5.74) is 1.28. The number of rotatable bonds is 4. The van der Waals surface area contributed by atoms with Crippen LogP contribution in [-0.2, 0) is 6.42 Å². The van der Waals surface area contributed by atoms with Gasteiger partial charge in [-0.05, 0) is 31.0 Å².